The molecule has 0 bridgehead atoms. The van der Waals surface area contributed by atoms with Crippen molar-refractivity contribution < 1.29 is 13.2 Å². The Kier molecular flexibility index (Phi) is 5.71. The molecule has 10 heteroatoms. The molecular weight excluding hydrogens is 462 g/mol. The first-order valence-corrected chi connectivity index (χ1v) is 12.2. The van der Waals surface area contributed by atoms with Gasteiger partial charge in [0.25, 0.3) is 15.9 Å². The monoisotopic (exact) mass is 477 g/mol. The largest absolute Gasteiger partial charge is 0.337 e. The van der Waals surface area contributed by atoms with Crippen molar-refractivity contribution in [3.63, 3.8) is 0 Å². The van der Waals surface area contributed by atoms with Gasteiger partial charge < -0.3 is 4.90 Å². The van der Waals surface area contributed by atoms with Crippen molar-refractivity contribution in [1.29, 1.82) is 0 Å². The molecule has 0 saturated carbocycles. The van der Waals surface area contributed by atoms with Gasteiger partial charge in [0.05, 0.1) is 15.6 Å². The van der Waals surface area contributed by atoms with Gasteiger partial charge in [-0.05, 0) is 48.2 Å². The number of benzene rings is 2. The summed E-state index contributed by atoms with van der Waals surface area (Å²) in [6.45, 7) is 3.83. The topological polar surface area (TPSA) is 70.1 Å². The Labute approximate surface area is 188 Å². The van der Waals surface area contributed by atoms with Crippen LogP contribution in [0.5, 0.6) is 0 Å². The van der Waals surface area contributed by atoms with Crippen LogP contribution in [-0.2, 0) is 14.8 Å². The first-order chi connectivity index (χ1) is 14.3. The Morgan fingerprint density at radius 3 is 2.50 bits per heavy atom. The zero-order valence-corrected chi connectivity index (χ0v) is 19.0. The third-order valence-corrected chi connectivity index (χ3v) is 8.50. The Balaban J connectivity index is 1.75. The molecule has 1 saturated heterocycles. The van der Waals surface area contributed by atoms with Gasteiger partial charge in [0.2, 0.25) is 0 Å². The molecule has 2 heterocycles. The summed E-state index contributed by atoms with van der Waals surface area (Å²) in [4.78, 5) is 17.9. The molecule has 2 aromatic carbocycles. The maximum atomic E-state index is 13.1. The second-order valence-corrected chi connectivity index (χ2v) is 10.4. The molecule has 0 N–H and O–H groups in total. The van der Waals surface area contributed by atoms with Crippen LogP contribution in [0.25, 0.3) is 0 Å². The van der Waals surface area contributed by atoms with Gasteiger partial charge in [-0.15, -0.1) is 11.0 Å². The lowest BCUT2D eigenvalue weighted by Crippen LogP contribution is -2.30. The van der Waals surface area contributed by atoms with E-state index in [9.17, 15) is 13.2 Å². The van der Waals surface area contributed by atoms with Crippen molar-refractivity contribution in [3.05, 3.63) is 76.1 Å². The number of carbonyl (C=O) groups is 1. The summed E-state index contributed by atoms with van der Waals surface area (Å²) in [5.41, 5.74) is 0.993. The number of hydrogen-bond acceptors (Lipinski definition) is 6. The zero-order chi connectivity index (χ0) is 21.5. The predicted molar refractivity (Wildman–Crippen MR) is 123 cm³/mol. The fourth-order valence-corrected chi connectivity index (χ4v) is 6.62. The smallest absolute Gasteiger partial charge is 0.284 e. The number of hydrogen-bond donors (Lipinski definition) is 0. The average Bonchev–Trinajstić information content (AvgIpc) is 3.20. The van der Waals surface area contributed by atoms with Gasteiger partial charge in [0.15, 0.2) is 5.17 Å². The van der Waals surface area contributed by atoms with Crippen LogP contribution in [0.1, 0.15) is 0 Å². The van der Waals surface area contributed by atoms with Crippen molar-refractivity contribution in [1.82, 2.24) is 4.90 Å². The number of halogens is 1. The van der Waals surface area contributed by atoms with Crippen molar-refractivity contribution >= 4 is 61.9 Å². The number of amides is 1. The summed E-state index contributed by atoms with van der Waals surface area (Å²) in [6, 6.07) is 13.6. The minimum Gasteiger partial charge on any atom is -0.337 e. The van der Waals surface area contributed by atoms with E-state index in [1.54, 1.807) is 0 Å². The normalized spacial score (nSPS) is 20.2. The third-order valence-electron chi connectivity index (χ3n) is 4.42. The molecule has 1 amide bonds. The minimum atomic E-state index is -4.01. The van der Waals surface area contributed by atoms with E-state index in [4.69, 9.17) is 11.6 Å². The number of sulfonamides is 1. The predicted octanol–water partition coefficient (Wildman–Crippen LogP) is 4.56. The molecular formula is C20H16ClN3O3S3. The molecule has 6 nitrogen and oxygen atoms in total. The van der Waals surface area contributed by atoms with Crippen LogP contribution >= 0.6 is 35.1 Å². The SMILES string of the molecule is C=CCN1C(=O)/C(=C2\Sc3ccccc3N2C)SC1=NS(=O)(=O)c1ccc(Cl)cc1. The molecule has 0 atom stereocenters. The van der Waals surface area contributed by atoms with Crippen molar-refractivity contribution in [2.75, 3.05) is 18.5 Å². The first-order valence-electron chi connectivity index (χ1n) is 8.78. The lowest BCUT2D eigenvalue weighted by atomic mass is 10.3. The number of carbonyl (C=O) groups excluding carboxylic acids is 1. The van der Waals surface area contributed by atoms with Crippen LogP contribution in [0.2, 0.25) is 5.02 Å². The lowest BCUT2D eigenvalue weighted by molar-refractivity contribution is -0.121. The summed E-state index contributed by atoms with van der Waals surface area (Å²) in [5, 5.41) is 1.27. The van der Waals surface area contributed by atoms with Crippen LogP contribution in [0.3, 0.4) is 0 Å². The molecule has 1 fully saturated rings. The second-order valence-electron chi connectivity index (χ2n) is 6.37. The van der Waals surface area contributed by atoms with E-state index in [-0.39, 0.29) is 22.5 Å². The average molecular weight is 478 g/mol. The van der Waals surface area contributed by atoms with Gasteiger partial charge in [0.1, 0.15) is 4.91 Å². The standard InChI is InChI=1S/C20H16ClN3O3S3/c1-3-12-24-18(25)17(19-23(2)15-6-4-5-7-16(15)28-19)29-20(24)22-30(26,27)14-10-8-13(21)9-11-14/h3-11H,1,12H2,2H3/b19-17+,22-20?. The summed E-state index contributed by atoms with van der Waals surface area (Å²) < 4.78 is 29.5. The quantitative estimate of drug-likeness (QED) is 0.475. The number of anilines is 1. The van der Waals surface area contributed by atoms with Gasteiger partial charge >= 0.3 is 0 Å². The number of para-hydroxylation sites is 1. The highest BCUT2D eigenvalue weighted by atomic mass is 35.5. The highest BCUT2D eigenvalue weighted by Crippen LogP contribution is 2.49. The molecule has 0 aromatic heterocycles. The first kappa shape index (κ1) is 21.0. The second kappa shape index (κ2) is 8.14. The van der Waals surface area contributed by atoms with Crippen molar-refractivity contribution in [2.24, 2.45) is 4.40 Å². The van der Waals surface area contributed by atoms with E-state index in [1.807, 2.05) is 36.2 Å². The Hall–Kier alpha value is -2.20. The molecule has 30 heavy (non-hydrogen) atoms. The molecule has 0 radical (unpaired) electrons. The highest BCUT2D eigenvalue weighted by molar-refractivity contribution is 8.19. The van der Waals surface area contributed by atoms with Crippen molar-refractivity contribution in [2.45, 2.75) is 9.79 Å². The highest BCUT2D eigenvalue weighted by Gasteiger charge is 2.39. The fraction of sp³-hybridized carbons (Fsp3) is 0.100. The maximum Gasteiger partial charge on any atom is 0.284 e. The van der Waals surface area contributed by atoms with E-state index in [0.717, 1.165) is 27.4 Å². The molecule has 0 aliphatic carbocycles. The molecule has 4 rings (SSSR count). The van der Waals surface area contributed by atoms with Gasteiger partial charge in [-0.25, -0.2) is 0 Å². The van der Waals surface area contributed by atoms with E-state index < -0.39 is 10.0 Å². The van der Waals surface area contributed by atoms with Crippen LogP contribution < -0.4 is 4.90 Å². The van der Waals surface area contributed by atoms with E-state index in [2.05, 4.69) is 11.0 Å². The number of rotatable bonds is 4. The van der Waals surface area contributed by atoms with Gasteiger partial charge in [0, 0.05) is 23.5 Å². The number of nitrogens with zero attached hydrogens (tertiary/aromatic N) is 3. The maximum absolute atomic E-state index is 13.1. The molecule has 2 aliphatic heterocycles. The number of thioether (sulfide) groups is 2. The lowest BCUT2D eigenvalue weighted by Gasteiger charge is -2.15. The molecule has 2 aromatic rings. The summed E-state index contributed by atoms with van der Waals surface area (Å²) in [5.74, 6) is -0.299. The fourth-order valence-electron chi connectivity index (χ4n) is 2.96. The minimum absolute atomic E-state index is 0.00636. The Morgan fingerprint density at radius 2 is 1.83 bits per heavy atom. The van der Waals surface area contributed by atoms with E-state index >= 15 is 0 Å². The Morgan fingerprint density at radius 1 is 1.13 bits per heavy atom. The van der Waals surface area contributed by atoms with Gasteiger partial charge in [-0.3, -0.25) is 9.69 Å². The summed E-state index contributed by atoms with van der Waals surface area (Å²) in [7, 11) is -2.13. The molecule has 0 spiro atoms. The van der Waals surface area contributed by atoms with E-state index in [1.165, 1.54) is 47.0 Å². The summed E-state index contributed by atoms with van der Waals surface area (Å²) >= 11 is 8.38. The van der Waals surface area contributed by atoms with Crippen LogP contribution in [0.4, 0.5) is 5.69 Å². The third kappa shape index (κ3) is 3.78. The Bertz CT molecular complexity index is 1210. The number of amidine groups is 1. The van der Waals surface area contributed by atoms with Crippen LogP contribution in [0.15, 0.2) is 85.3 Å². The molecule has 0 unspecified atom stereocenters. The van der Waals surface area contributed by atoms with Gasteiger partial charge in [-0.1, -0.05) is 41.6 Å². The zero-order valence-electron chi connectivity index (χ0n) is 15.8. The van der Waals surface area contributed by atoms with Crippen LogP contribution in [0, 0.1) is 0 Å². The molecule has 2 aliphatic rings. The van der Waals surface area contributed by atoms with Crippen molar-refractivity contribution in [3.8, 4) is 0 Å². The van der Waals surface area contributed by atoms with Crippen LogP contribution in [-0.4, -0.2) is 38.0 Å². The van der Waals surface area contributed by atoms with E-state index in [0.29, 0.717) is 9.93 Å². The number of fused-ring (bicyclic) bond motifs is 1. The van der Waals surface area contributed by atoms with Gasteiger partial charge in [-0.2, -0.15) is 8.42 Å². The summed E-state index contributed by atoms with van der Waals surface area (Å²) in [6.07, 6.45) is 1.54. The molecule has 154 valence electrons.